The van der Waals surface area contributed by atoms with E-state index in [1.807, 2.05) is 30.3 Å². The summed E-state index contributed by atoms with van der Waals surface area (Å²) in [7, 11) is 0. The van der Waals surface area contributed by atoms with Gasteiger partial charge in [-0.1, -0.05) is 48.5 Å². The molecule has 0 saturated heterocycles. The van der Waals surface area contributed by atoms with Crippen molar-refractivity contribution < 1.29 is 14.4 Å². The molecule has 2 aromatic carbocycles. The predicted molar refractivity (Wildman–Crippen MR) is 100 cm³/mol. The van der Waals surface area contributed by atoms with E-state index in [4.69, 9.17) is 17.2 Å². The van der Waals surface area contributed by atoms with E-state index < -0.39 is 23.3 Å². The van der Waals surface area contributed by atoms with Gasteiger partial charge in [0.25, 0.3) is 5.91 Å². The maximum atomic E-state index is 12.4. The van der Waals surface area contributed by atoms with Crippen molar-refractivity contribution in [1.82, 2.24) is 4.57 Å². The lowest BCUT2D eigenvalue weighted by Crippen LogP contribution is -2.31. The minimum Gasteiger partial charge on any atom is -0.369 e. The van der Waals surface area contributed by atoms with Gasteiger partial charge in [0.1, 0.15) is 5.69 Å². The first-order valence-corrected chi connectivity index (χ1v) is 8.48. The Morgan fingerprint density at radius 3 is 2.15 bits per heavy atom. The summed E-state index contributed by atoms with van der Waals surface area (Å²) in [6.07, 6.45) is 0.430. The van der Waals surface area contributed by atoms with Crippen molar-refractivity contribution in [2.45, 2.75) is 17.8 Å². The third kappa shape index (κ3) is 2.25. The summed E-state index contributed by atoms with van der Waals surface area (Å²) in [5, 5.41) is 0.661. The summed E-state index contributed by atoms with van der Waals surface area (Å²) in [4.78, 5) is 36.7. The first kappa shape index (κ1) is 16.8. The summed E-state index contributed by atoms with van der Waals surface area (Å²) in [5.41, 5.74) is 17.7. The molecule has 1 heterocycles. The van der Waals surface area contributed by atoms with Gasteiger partial charge in [-0.2, -0.15) is 0 Å². The summed E-state index contributed by atoms with van der Waals surface area (Å²) in [6, 6.07) is 15.4. The molecule has 7 heteroatoms. The zero-order chi connectivity index (χ0) is 19.3. The van der Waals surface area contributed by atoms with Gasteiger partial charge in [-0.3, -0.25) is 14.2 Å². The number of primary amides is 3. The molecule has 2 atom stereocenters. The van der Waals surface area contributed by atoms with Gasteiger partial charge < -0.3 is 17.2 Å². The van der Waals surface area contributed by atoms with E-state index in [0.717, 1.165) is 10.1 Å². The average molecular weight is 362 g/mol. The molecule has 0 spiro atoms. The van der Waals surface area contributed by atoms with Crippen LogP contribution in [0, 0.1) is 0 Å². The standard InChI is InChI=1S/C20H18N4O3/c21-17(25)16-15(12-8-4-5-9-14(12)24(16)19(23)27)13-10-20(13,18(22)26)11-6-2-1-3-7-11/h1-9,13H,10H2,(H2,21,25)(H2,22,26)(H2,23,27). The first-order valence-electron chi connectivity index (χ1n) is 8.48. The second-order valence-corrected chi connectivity index (χ2v) is 6.78. The molecule has 1 aliphatic rings. The van der Waals surface area contributed by atoms with E-state index in [-0.39, 0.29) is 11.6 Å². The van der Waals surface area contributed by atoms with Crippen molar-refractivity contribution in [1.29, 1.82) is 0 Å². The van der Waals surface area contributed by atoms with Crippen LogP contribution in [0.2, 0.25) is 0 Å². The van der Waals surface area contributed by atoms with Crippen LogP contribution in [-0.4, -0.2) is 22.4 Å². The smallest absolute Gasteiger partial charge is 0.324 e. The number of aromatic nitrogens is 1. The number of fused-ring (bicyclic) bond motifs is 1. The number of amides is 3. The Morgan fingerprint density at radius 2 is 1.56 bits per heavy atom. The molecule has 0 bridgehead atoms. The molecule has 3 aromatic rings. The lowest BCUT2D eigenvalue weighted by molar-refractivity contribution is -0.120. The van der Waals surface area contributed by atoms with Crippen molar-refractivity contribution in [3.63, 3.8) is 0 Å². The van der Waals surface area contributed by atoms with Gasteiger partial charge in [0.15, 0.2) is 0 Å². The molecule has 1 saturated carbocycles. The minimum absolute atomic E-state index is 0.00718. The lowest BCUT2D eigenvalue weighted by Gasteiger charge is -2.15. The number of carbonyl (C=O) groups is 3. The molecule has 7 nitrogen and oxygen atoms in total. The molecule has 2 unspecified atom stereocenters. The van der Waals surface area contributed by atoms with E-state index in [1.54, 1.807) is 24.3 Å². The molecule has 0 aliphatic heterocycles. The molecule has 6 N–H and O–H groups in total. The Kier molecular flexibility index (Phi) is 3.56. The summed E-state index contributed by atoms with van der Waals surface area (Å²) in [6.45, 7) is 0. The number of hydrogen-bond donors (Lipinski definition) is 3. The van der Waals surface area contributed by atoms with E-state index in [2.05, 4.69) is 0 Å². The normalized spacial score (nSPS) is 21.1. The van der Waals surface area contributed by atoms with Gasteiger partial charge in [-0.25, -0.2) is 4.79 Å². The number of rotatable bonds is 4. The van der Waals surface area contributed by atoms with Gasteiger partial charge >= 0.3 is 6.03 Å². The Labute approximate surface area is 154 Å². The van der Waals surface area contributed by atoms with Crippen LogP contribution < -0.4 is 17.2 Å². The van der Waals surface area contributed by atoms with E-state index >= 15 is 0 Å². The van der Waals surface area contributed by atoms with E-state index in [0.29, 0.717) is 22.9 Å². The summed E-state index contributed by atoms with van der Waals surface area (Å²) in [5.74, 6) is -1.63. The van der Waals surface area contributed by atoms with Gasteiger partial charge in [-0.15, -0.1) is 0 Å². The fourth-order valence-corrected chi connectivity index (χ4v) is 4.17. The number of hydrogen-bond acceptors (Lipinski definition) is 3. The van der Waals surface area contributed by atoms with E-state index in [9.17, 15) is 14.4 Å². The largest absolute Gasteiger partial charge is 0.369 e. The lowest BCUT2D eigenvalue weighted by atomic mass is 9.89. The van der Waals surface area contributed by atoms with Crippen molar-refractivity contribution in [2.75, 3.05) is 0 Å². The number of nitrogens with two attached hydrogens (primary N) is 3. The highest BCUT2D eigenvalue weighted by Crippen LogP contribution is 2.62. The van der Waals surface area contributed by atoms with Crippen LogP contribution in [0.4, 0.5) is 4.79 Å². The molecule has 4 rings (SSSR count). The van der Waals surface area contributed by atoms with Crippen LogP contribution in [0.3, 0.4) is 0 Å². The van der Waals surface area contributed by atoms with Crippen LogP contribution in [0.25, 0.3) is 10.9 Å². The highest BCUT2D eigenvalue weighted by atomic mass is 16.2. The minimum atomic E-state index is -0.946. The van der Waals surface area contributed by atoms with Crippen LogP contribution in [0.15, 0.2) is 54.6 Å². The third-order valence-electron chi connectivity index (χ3n) is 5.41. The van der Waals surface area contributed by atoms with Gasteiger partial charge in [0.05, 0.1) is 10.9 Å². The Hall–Kier alpha value is -3.61. The number of nitrogens with zero attached hydrogens (tertiary/aromatic N) is 1. The Bertz CT molecular complexity index is 1100. The fourth-order valence-electron chi connectivity index (χ4n) is 4.17. The highest BCUT2D eigenvalue weighted by molar-refractivity contribution is 6.08. The van der Waals surface area contributed by atoms with Crippen LogP contribution >= 0.6 is 0 Å². The van der Waals surface area contributed by atoms with Crippen molar-refractivity contribution in [3.8, 4) is 0 Å². The maximum absolute atomic E-state index is 12.4. The zero-order valence-electron chi connectivity index (χ0n) is 14.4. The van der Waals surface area contributed by atoms with Crippen molar-refractivity contribution >= 4 is 28.7 Å². The zero-order valence-corrected chi connectivity index (χ0v) is 14.4. The number of carbonyl (C=O) groups excluding carboxylic acids is 3. The van der Waals surface area contributed by atoms with Crippen molar-refractivity contribution in [3.05, 3.63) is 71.4 Å². The van der Waals surface area contributed by atoms with Gasteiger partial charge in [-0.05, 0) is 23.6 Å². The quantitative estimate of drug-likeness (QED) is 0.650. The fraction of sp³-hybridized carbons (Fsp3) is 0.150. The van der Waals surface area contributed by atoms with Gasteiger partial charge in [0, 0.05) is 11.3 Å². The summed E-state index contributed by atoms with van der Waals surface area (Å²) >= 11 is 0. The maximum Gasteiger partial charge on any atom is 0.324 e. The van der Waals surface area contributed by atoms with Crippen LogP contribution in [-0.2, 0) is 10.2 Å². The molecule has 1 fully saturated rings. The molecule has 3 amide bonds. The molecule has 0 radical (unpaired) electrons. The van der Waals surface area contributed by atoms with E-state index in [1.165, 1.54) is 0 Å². The molecule has 1 aliphatic carbocycles. The molecular formula is C20H18N4O3. The molecular weight excluding hydrogens is 344 g/mol. The third-order valence-corrected chi connectivity index (χ3v) is 5.41. The average Bonchev–Trinajstić information content (AvgIpc) is 3.30. The van der Waals surface area contributed by atoms with Crippen LogP contribution in [0.5, 0.6) is 0 Å². The topological polar surface area (TPSA) is 134 Å². The predicted octanol–water partition coefficient (Wildman–Crippen LogP) is 1.58. The van der Waals surface area contributed by atoms with Crippen molar-refractivity contribution in [2.24, 2.45) is 17.2 Å². The SMILES string of the molecule is NC(=O)c1c(C2CC2(C(N)=O)c2ccccc2)c2ccccc2n1C(N)=O. The molecule has 1 aromatic heterocycles. The summed E-state index contributed by atoms with van der Waals surface area (Å²) < 4.78 is 1.11. The Morgan fingerprint density at radius 1 is 0.926 bits per heavy atom. The number of benzene rings is 2. The number of para-hydroxylation sites is 1. The molecule has 27 heavy (non-hydrogen) atoms. The first-order chi connectivity index (χ1) is 12.9. The second kappa shape index (κ2) is 5.70. The molecule has 136 valence electrons. The second-order valence-electron chi connectivity index (χ2n) is 6.78. The van der Waals surface area contributed by atoms with Crippen LogP contribution in [0.1, 0.15) is 34.0 Å². The monoisotopic (exact) mass is 362 g/mol. The highest BCUT2D eigenvalue weighted by Gasteiger charge is 2.62. The van der Waals surface area contributed by atoms with Gasteiger partial charge in [0.2, 0.25) is 5.91 Å². The Balaban J connectivity index is 2.01.